The minimum absolute atomic E-state index is 0.0926. The summed E-state index contributed by atoms with van der Waals surface area (Å²) in [5.41, 5.74) is -0.670. The van der Waals surface area contributed by atoms with Gasteiger partial charge in [0.1, 0.15) is 0 Å². The summed E-state index contributed by atoms with van der Waals surface area (Å²) < 4.78 is 26.0. The van der Waals surface area contributed by atoms with Gasteiger partial charge in [0.2, 0.25) is 6.43 Å². The van der Waals surface area contributed by atoms with Crippen LogP contribution in [-0.2, 0) is 0 Å². The molecule has 0 aromatic rings. The van der Waals surface area contributed by atoms with Crippen LogP contribution in [0.2, 0.25) is 0 Å². The van der Waals surface area contributed by atoms with Crippen molar-refractivity contribution in [2.45, 2.75) is 51.0 Å². The molecule has 1 aliphatic carbocycles. The highest BCUT2D eigenvalue weighted by Crippen LogP contribution is 2.46. The molecule has 1 heterocycles. The van der Waals surface area contributed by atoms with Crippen LogP contribution in [0.1, 0.15) is 38.5 Å². The Balaban J connectivity index is 2.16. The fourth-order valence-corrected chi connectivity index (χ4v) is 2.93. The van der Waals surface area contributed by atoms with Crippen molar-refractivity contribution in [3.8, 4) is 0 Å². The Bertz CT molecular complexity index is 170. The lowest BCUT2D eigenvalue weighted by Crippen LogP contribution is -2.55. The second-order valence-corrected chi connectivity index (χ2v) is 4.39. The molecule has 1 saturated carbocycles. The Morgan fingerprint density at radius 2 is 1.92 bits per heavy atom. The number of fused-ring (bicyclic) bond motifs is 1. The number of hydrogen-bond acceptors (Lipinski definition) is 1. The lowest BCUT2D eigenvalue weighted by atomic mass is 9.66. The molecular weight excluding hydrogens is 172 g/mol. The lowest BCUT2D eigenvalue weighted by Gasteiger charge is -2.47. The number of nitrogens with one attached hydrogen (secondary N) is 1. The van der Waals surface area contributed by atoms with E-state index in [2.05, 4.69) is 5.32 Å². The van der Waals surface area contributed by atoms with E-state index in [1.165, 1.54) is 0 Å². The van der Waals surface area contributed by atoms with Crippen molar-refractivity contribution in [1.82, 2.24) is 5.32 Å². The van der Waals surface area contributed by atoms with Crippen LogP contribution in [0.15, 0.2) is 0 Å². The maximum Gasteiger partial charge on any atom is 0.245 e. The van der Waals surface area contributed by atoms with Crippen molar-refractivity contribution in [3.63, 3.8) is 0 Å². The van der Waals surface area contributed by atoms with Gasteiger partial charge in [-0.15, -0.1) is 0 Å². The summed E-state index contributed by atoms with van der Waals surface area (Å²) >= 11 is 0. The molecule has 2 fully saturated rings. The molecule has 2 atom stereocenters. The zero-order chi connectivity index (χ0) is 9.31. The molecule has 13 heavy (non-hydrogen) atoms. The van der Waals surface area contributed by atoms with Crippen LogP contribution in [0.25, 0.3) is 0 Å². The fourth-order valence-electron chi connectivity index (χ4n) is 2.93. The van der Waals surface area contributed by atoms with Crippen molar-refractivity contribution < 1.29 is 8.78 Å². The van der Waals surface area contributed by atoms with E-state index < -0.39 is 11.8 Å². The molecule has 2 rings (SSSR count). The summed E-state index contributed by atoms with van der Waals surface area (Å²) in [7, 11) is 0. The molecule has 0 spiro atoms. The van der Waals surface area contributed by atoms with E-state index in [1.54, 1.807) is 0 Å². The third-order valence-corrected chi connectivity index (χ3v) is 3.72. The molecule has 3 heteroatoms. The van der Waals surface area contributed by atoms with Crippen LogP contribution >= 0.6 is 0 Å². The second-order valence-electron chi connectivity index (χ2n) is 4.39. The van der Waals surface area contributed by atoms with Crippen molar-refractivity contribution >= 4 is 0 Å². The molecule has 0 amide bonds. The fraction of sp³-hybridized carbons (Fsp3) is 1.00. The monoisotopic (exact) mass is 189 g/mol. The summed E-state index contributed by atoms with van der Waals surface area (Å²) in [5.74, 6) is 0. The Morgan fingerprint density at radius 3 is 2.62 bits per heavy atom. The summed E-state index contributed by atoms with van der Waals surface area (Å²) in [4.78, 5) is 0. The highest BCUT2D eigenvalue weighted by Gasteiger charge is 2.48. The molecule has 0 bridgehead atoms. The zero-order valence-electron chi connectivity index (χ0n) is 7.86. The maximum absolute atomic E-state index is 13.0. The van der Waals surface area contributed by atoms with Gasteiger partial charge in [-0.05, 0) is 32.2 Å². The number of hydrogen-bond donors (Lipinski definition) is 1. The third-order valence-electron chi connectivity index (χ3n) is 3.72. The number of rotatable bonds is 1. The molecule has 1 aliphatic heterocycles. The van der Waals surface area contributed by atoms with E-state index in [4.69, 9.17) is 0 Å². The van der Waals surface area contributed by atoms with Gasteiger partial charge in [0.25, 0.3) is 0 Å². The minimum atomic E-state index is -2.13. The second kappa shape index (κ2) is 3.52. The SMILES string of the molecule is FC(F)C12CCCCC1NCCC2. The van der Waals surface area contributed by atoms with Gasteiger partial charge in [0, 0.05) is 11.5 Å². The Morgan fingerprint density at radius 1 is 1.15 bits per heavy atom. The van der Waals surface area contributed by atoms with E-state index in [9.17, 15) is 8.78 Å². The van der Waals surface area contributed by atoms with Crippen molar-refractivity contribution in [1.29, 1.82) is 0 Å². The predicted molar refractivity (Wildman–Crippen MR) is 47.9 cm³/mol. The summed E-state index contributed by atoms with van der Waals surface area (Å²) in [6.07, 6.45) is 3.29. The molecule has 2 aliphatic rings. The first kappa shape index (κ1) is 9.38. The summed E-state index contributed by atoms with van der Waals surface area (Å²) in [6.45, 7) is 0.930. The lowest BCUT2D eigenvalue weighted by molar-refractivity contribution is -0.0715. The van der Waals surface area contributed by atoms with Crippen molar-refractivity contribution in [2.75, 3.05) is 6.54 Å². The van der Waals surface area contributed by atoms with Crippen LogP contribution in [0.5, 0.6) is 0 Å². The van der Waals surface area contributed by atoms with Crippen LogP contribution in [0.3, 0.4) is 0 Å². The Kier molecular flexibility index (Phi) is 2.54. The number of alkyl halides is 2. The molecular formula is C10H17F2N. The first-order chi connectivity index (χ1) is 6.26. The molecule has 1 N–H and O–H groups in total. The normalized spacial score (nSPS) is 40.4. The maximum atomic E-state index is 13.0. The molecule has 76 valence electrons. The van der Waals surface area contributed by atoms with Gasteiger partial charge in [-0.25, -0.2) is 8.78 Å². The topological polar surface area (TPSA) is 12.0 Å². The van der Waals surface area contributed by atoms with E-state index >= 15 is 0 Å². The van der Waals surface area contributed by atoms with Crippen LogP contribution in [0.4, 0.5) is 8.78 Å². The zero-order valence-corrected chi connectivity index (χ0v) is 7.86. The Labute approximate surface area is 77.9 Å². The predicted octanol–water partition coefficient (Wildman–Crippen LogP) is 2.56. The standard InChI is InChI=1S/C10H17F2N/c11-9(12)10-5-2-1-4-8(10)13-7-3-6-10/h8-9,13H,1-7H2. The molecule has 1 nitrogen and oxygen atoms in total. The van der Waals surface area contributed by atoms with Crippen molar-refractivity contribution in [2.24, 2.45) is 5.41 Å². The Hall–Kier alpha value is -0.180. The number of halogens is 2. The van der Waals surface area contributed by atoms with E-state index in [0.717, 1.165) is 45.1 Å². The average molecular weight is 189 g/mol. The van der Waals surface area contributed by atoms with Gasteiger partial charge in [0.05, 0.1) is 0 Å². The molecule has 0 aromatic carbocycles. The minimum Gasteiger partial charge on any atom is -0.313 e. The summed E-state index contributed by atoms with van der Waals surface area (Å²) in [5, 5.41) is 3.26. The van der Waals surface area contributed by atoms with E-state index in [1.807, 2.05) is 0 Å². The van der Waals surface area contributed by atoms with Gasteiger partial charge in [-0.2, -0.15) is 0 Å². The van der Waals surface area contributed by atoms with Crippen LogP contribution in [-0.4, -0.2) is 19.0 Å². The third kappa shape index (κ3) is 1.47. The highest BCUT2D eigenvalue weighted by molar-refractivity contribution is 4.98. The first-order valence-corrected chi connectivity index (χ1v) is 5.27. The summed E-state index contributed by atoms with van der Waals surface area (Å²) in [6, 6.07) is 0.0926. The number of piperidine rings is 1. The van der Waals surface area contributed by atoms with Crippen molar-refractivity contribution in [3.05, 3.63) is 0 Å². The first-order valence-electron chi connectivity index (χ1n) is 5.27. The molecule has 2 unspecified atom stereocenters. The van der Waals surface area contributed by atoms with Gasteiger partial charge in [-0.1, -0.05) is 12.8 Å². The van der Waals surface area contributed by atoms with Crippen LogP contribution < -0.4 is 5.32 Å². The molecule has 0 radical (unpaired) electrons. The van der Waals surface area contributed by atoms with Gasteiger partial charge in [-0.3, -0.25) is 0 Å². The molecule has 0 aromatic heterocycles. The highest BCUT2D eigenvalue weighted by atomic mass is 19.3. The largest absolute Gasteiger partial charge is 0.313 e. The smallest absolute Gasteiger partial charge is 0.245 e. The quantitative estimate of drug-likeness (QED) is 0.668. The van der Waals surface area contributed by atoms with Crippen LogP contribution in [0, 0.1) is 5.41 Å². The van der Waals surface area contributed by atoms with E-state index in [-0.39, 0.29) is 6.04 Å². The molecule has 1 saturated heterocycles. The van der Waals surface area contributed by atoms with Gasteiger partial charge >= 0.3 is 0 Å². The average Bonchev–Trinajstić information content (AvgIpc) is 2.17. The van der Waals surface area contributed by atoms with Gasteiger partial charge in [0.15, 0.2) is 0 Å². The van der Waals surface area contributed by atoms with Gasteiger partial charge < -0.3 is 5.32 Å². The van der Waals surface area contributed by atoms with E-state index in [0.29, 0.717) is 0 Å².